The Hall–Kier alpha value is -3.69. The monoisotopic (exact) mass is 1020 g/mol. The van der Waals surface area contributed by atoms with Gasteiger partial charge in [-0.15, -0.1) is 0 Å². The van der Waals surface area contributed by atoms with Crippen molar-refractivity contribution in [2.75, 3.05) is 32.7 Å². The van der Waals surface area contributed by atoms with Gasteiger partial charge in [0.25, 0.3) is 12.9 Å². The number of nitrogens with zero attached hydrogens (tertiary/aromatic N) is 1. The van der Waals surface area contributed by atoms with E-state index in [9.17, 15) is 34.2 Å². The maximum Gasteiger partial charge on any atom is 0.410 e. The van der Waals surface area contributed by atoms with E-state index in [1.54, 1.807) is 0 Å². The molecule has 0 aromatic heterocycles. The van der Waals surface area contributed by atoms with Crippen LogP contribution in [0.2, 0.25) is 0 Å². The van der Waals surface area contributed by atoms with E-state index >= 15 is 0 Å². The molecule has 72 heavy (non-hydrogen) atoms. The van der Waals surface area contributed by atoms with Crippen molar-refractivity contribution >= 4 is 31.1 Å². The number of carbonyl (C=O) groups excluding carboxylic acids is 4. The summed E-state index contributed by atoms with van der Waals surface area (Å²) >= 11 is 0. The third kappa shape index (κ3) is 15.9. The van der Waals surface area contributed by atoms with E-state index in [1.807, 2.05) is 32.6 Å². The summed E-state index contributed by atoms with van der Waals surface area (Å²) in [4.78, 5) is 55.8. The molecule has 1 saturated heterocycles. The van der Waals surface area contributed by atoms with Crippen molar-refractivity contribution in [2.45, 2.75) is 227 Å². The minimum atomic E-state index is -0.856. The fourth-order valence-electron chi connectivity index (χ4n) is 14.0. The van der Waals surface area contributed by atoms with Gasteiger partial charge in [-0.05, 0) is 206 Å². The molecule has 412 valence electrons. The van der Waals surface area contributed by atoms with Gasteiger partial charge in [-0.3, -0.25) is 14.4 Å². The highest BCUT2D eigenvalue weighted by Crippen LogP contribution is 2.63. The molecule has 0 aromatic carbocycles. The molecule has 15 heteroatoms. The van der Waals surface area contributed by atoms with E-state index in [1.165, 1.54) is 44.6 Å². The van der Waals surface area contributed by atoms with Crippen molar-refractivity contribution < 1.29 is 58.2 Å². The normalized spacial score (nSPS) is 36.8. The molecule has 0 aromatic rings. The molecule has 12 atom stereocenters. The van der Waals surface area contributed by atoms with E-state index in [-0.39, 0.29) is 46.4 Å². The molecule has 1 aliphatic heterocycles. The van der Waals surface area contributed by atoms with Crippen LogP contribution in [0.15, 0.2) is 23.7 Å². The van der Waals surface area contributed by atoms with Gasteiger partial charge in [-0.2, -0.15) is 0 Å². The number of carbonyl (C=O) groups is 5. The van der Waals surface area contributed by atoms with E-state index in [0.29, 0.717) is 49.6 Å². The van der Waals surface area contributed by atoms with Crippen LogP contribution in [-0.2, 0) is 33.3 Å². The molecule has 0 unspecified atom stereocenters. The fourth-order valence-corrected chi connectivity index (χ4v) is 14.0. The second kappa shape index (κ2) is 27.2. The first-order chi connectivity index (χ1) is 33.9. The number of piperazine rings is 1. The lowest BCUT2D eigenvalue weighted by atomic mass is 9.52. The zero-order chi connectivity index (χ0) is 53.4. The highest BCUT2D eigenvalue weighted by Gasteiger charge is 2.59. The van der Waals surface area contributed by atoms with E-state index < -0.39 is 23.3 Å². The Bertz CT molecular complexity index is 1810. The number of allylic oxidation sites excluding steroid dienone is 2. The smallest absolute Gasteiger partial charge is 0.410 e. The number of hydrogen-bond acceptors (Lipinski definition) is 12. The second-order valence-electron chi connectivity index (χ2n) is 24.4. The third-order valence-electron chi connectivity index (χ3n) is 19.2. The zero-order valence-corrected chi connectivity index (χ0v) is 46.1. The Morgan fingerprint density at radius 2 is 1.19 bits per heavy atom. The number of carboxylic acids is 1. The Morgan fingerprint density at radius 3 is 1.65 bits per heavy atom. The number of rotatable bonds is 13. The number of carboxylic acid groups (broad SMARTS) is 1. The van der Waals surface area contributed by atoms with Gasteiger partial charge < -0.3 is 49.8 Å². The van der Waals surface area contributed by atoms with Crippen molar-refractivity contribution in [1.82, 2.24) is 15.5 Å². The molecule has 6 aliphatic carbocycles. The molecule has 15 nitrogen and oxygen atoms in total. The van der Waals surface area contributed by atoms with Crippen LogP contribution in [0.4, 0.5) is 9.59 Å². The summed E-state index contributed by atoms with van der Waals surface area (Å²) in [6.45, 7) is 25.8. The second-order valence-corrected chi connectivity index (χ2v) is 24.4. The predicted molar refractivity (Wildman–Crippen MR) is 278 cm³/mol. The summed E-state index contributed by atoms with van der Waals surface area (Å²) in [5, 5.41) is 37.4. The predicted octanol–water partition coefficient (Wildman–Crippen LogP) is 11.0. The van der Waals surface area contributed by atoms with Crippen LogP contribution in [0.5, 0.6) is 0 Å². The van der Waals surface area contributed by atoms with Crippen molar-refractivity contribution in [2.24, 2.45) is 45.3 Å². The molecule has 6 saturated carbocycles. The molecule has 1 heterocycles. The van der Waals surface area contributed by atoms with Gasteiger partial charge in [0.1, 0.15) is 12.2 Å². The fraction of sp³-hybridized carbons (Fsp3) is 0.842. The average molecular weight is 1020 g/mol. The van der Waals surface area contributed by atoms with Crippen LogP contribution in [0.3, 0.4) is 0 Å². The van der Waals surface area contributed by atoms with Crippen LogP contribution in [0.1, 0.15) is 204 Å². The number of aliphatic carboxylic acids is 1. The Kier molecular flexibility index (Phi) is 23.0. The maximum absolute atomic E-state index is 12.6. The Labute approximate surface area is 432 Å². The average Bonchev–Trinajstić information content (AvgIpc) is 3.84. The first-order valence-corrected chi connectivity index (χ1v) is 27.6. The molecule has 7 fully saturated rings. The molecule has 0 spiro atoms. The first kappa shape index (κ1) is 60.9. The standard InChI is InChI=1S/C24H42N2O3.C23H39NO5.2C5H8O2/c1-4-18-16-20(29-21(27)26-14-12-25-13-15-26)7-11-23(18,3)19-6-10-22(2)8-5-9-24(22,28)17-19;1-16-14-18(29-20(27)24-13-4-6-19(25)26)8-12-22(16,3)17-7-11-21(2)9-5-10-23(21,28)15-17;2*1-5(2)3-7-4-6/h18-20,25,28H,4-17H2,1-3H3;16-18,28H,4-15H2,1-3H3,(H,24,27)(H,25,26);2*3-4H,1-2H3/t18-,19+,20+,22+,23+,24+;16-,17+,18+,21+,22+,23+;;/m11../s1. The lowest BCUT2D eigenvalue weighted by Crippen LogP contribution is -2.53. The van der Waals surface area contributed by atoms with Crippen LogP contribution in [-0.4, -0.2) is 107 Å². The lowest BCUT2D eigenvalue weighted by molar-refractivity contribution is -0.137. The summed E-state index contributed by atoms with van der Waals surface area (Å²) in [6, 6.07) is 0. The van der Waals surface area contributed by atoms with Crippen molar-refractivity contribution in [3.63, 3.8) is 0 Å². The molecule has 5 N–H and O–H groups in total. The molecule has 7 rings (SSSR count). The number of ether oxygens (including phenoxy) is 4. The van der Waals surface area contributed by atoms with Crippen molar-refractivity contribution in [1.29, 1.82) is 0 Å². The number of aliphatic hydroxyl groups is 2. The van der Waals surface area contributed by atoms with Gasteiger partial charge in [0.15, 0.2) is 0 Å². The van der Waals surface area contributed by atoms with Crippen LogP contribution >= 0.6 is 0 Å². The van der Waals surface area contributed by atoms with Gasteiger partial charge in [-0.1, -0.05) is 48.0 Å². The summed E-state index contributed by atoms with van der Waals surface area (Å²) in [6.07, 6.45) is 22.8. The Balaban J connectivity index is 0.000000247. The number of hydrogen-bond donors (Lipinski definition) is 5. The topological polar surface area (TPSA) is 210 Å². The quantitative estimate of drug-likeness (QED) is 0.0504. The minimum Gasteiger partial charge on any atom is -0.481 e. The summed E-state index contributed by atoms with van der Waals surface area (Å²) in [7, 11) is 0. The molecule has 0 radical (unpaired) electrons. The zero-order valence-electron chi connectivity index (χ0n) is 46.1. The lowest BCUT2D eigenvalue weighted by Gasteiger charge is -2.55. The summed E-state index contributed by atoms with van der Waals surface area (Å²) < 4.78 is 20.1. The Morgan fingerprint density at radius 1 is 0.694 bits per heavy atom. The molecule has 2 amide bonds. The minimum absolute atomic E-state index is 0.0475. The summed E-state index contributed by atoms with van der Waals surface area (Å²) in [5.74, 6) is 1.26. The number of fused-ring (bicyclic) bond motifs is 2. The number of nitrogens with one attached hydrogen (secondary N) is 2. The van der Waals surface area contributed by atoms with Gasteiger partial charge in [0.2, 0.25) is 0 Å². The first-order valence-electron chi connectivity index (χ1n) is 27.6. The van der Waals surface area contributed by atoms with E-state index in [4.69, 9.17) is 14.6 Å². The molecular weight excluding hydrogens is 919 g/mol. The number of alkyl carbamates (subject to hydrolysis) is 1. The van der Waals surface area contributed by atoms with Crippen LogP contribution in [0.25, 0.3) is 0 Å². The molecular formula is C57H97N3O12. The third-order valence-corrected chi connectivity index (χ3v) is 19.2. The van der Waals surface area contributed by atoms with Gasteiger partial charge in [-0.25, -0.2) is 9.59 Å². The van der Waals surface area contributed by atoms with Crippen molar-refractivity contribution in [3.05, 3.63) is 23.7 Å². The van der Waals surface area contributed by atoms with Crippen LogP contribution < -0.4 is 10.6 Å². The van der Waals surface area contributed by atoms with Gasteiger partial charge in [0.05, 0.1) is 23.7 Å². The largest absolute Gasteiger partial charge is 0.481 e. The summed E-state index contributed by atoms with van der Waals surface area (Å²) in [5.41, 5.74) is 1.67. The van der Waals surface area contributed by atoms with Crippen molar-refractivity contribution in [3.8, 4) is 0 Å². The highest BCUT2D eigenvalue weighted by atomic mass is 16.6. The maximum atomic E-state index is 12.6. The van der Waals surface area contributed by atoms with Gasteiger partial charge >= 0.3 is 18.2 Å². The molecule has 7 aliphatic rings. The van der Waals surface area contributed by atoms with Gasteiger partial charge in [0, 0.05) is 39.1 Å². The van der Waals surface area contributed by atoms with Crippen LogP contribution in [0, 0.1) is 45.3 Å². The SMILES string of the molecule is CC(C)=COC=O.CC(C)=COC=O.CC[C@@H]1C[C@@H](OC(=O)N2CCNCC2)CC[C@]1(C)[C@H]1CC[C@]2(C)CCC[C@]2(O)C1.C[C@@H]1C[C@@H](OC(=O)NCCCC(=O)O)CC[C@]1(C)[C@H]1CC[C@]2(C)CCC[C@]2(O)C1. The van der Waals surface area contributed by atoms with E-state index in [2.05, 4.69) is 61.6 Å². The highest BCUT2D eigenvalue weighted by molar-refractivity contribution is 5.68. The number of amides is 2. The molecule has 0 bridgehead atoms. The van der Waals surface area contributed by atoms with E-state index in [0.717, 1.165) is 127 Å².